The largest absolute Gasteiger partial charge is 0.398 e. The van der Waals surface area contributed by atoms with Gasteiger partial charge in [0.05, 0.1) is 5.69 Å². The van der Waals surface area contributed by atoms with E-state index in [1.165, 1.54) is 4.31 Å². The third-order valence-electron chi connectivity index (χ3n) is 3.52. The summed E-state index contributed by atoms with van der Waals surface area (Å²) in [7, 11) is -3.59. The number of benzene rings is 1. The fourth-order valence-electron chi connectivity index (χ4n) is 2.29. The van der Waals surface area contributed by atoms with E-state index < -0.39 is 10.0 Å². The van der Waals surface area contributed by atoms with Gasteiger partial charge in [0.25, 0.3) is 0 Å². The molecule has 3 rings (SSSR count). The van der Waals surface area contributed by atoms with Gasteiger partial charge in [0.2, 0.25) is 10.0 Å². The summed E-state index contributed by atoms with van der Waals surface area (Å²) in [4.78, 5) is 4.22. The van der Waals surface area contributed by atoms with Gasteiger partial charge in [-0.2, -0.15) is 4.31 Å². The zero-order valence-electron chi connectivity index (χ0n) is 11.5. The smallest absolute Gasteiger partial charge is 0.245 e. The number of aromatic nitrogens is 1. The average Bonchev–Trinajstić information content (AvgIpc) is 3.30. The van der Waals surface area contributed by atoms with E-state index in [1.807, 2.05) is 12.1 Å². The van der Waals surface area contributed by atoms with Crippen molar-refractivity contribution in [1.29, 1.82) is 0 Å². The Balaban J connectivity index is 1.96. The number of nitrogens with zero attached hydrogens (tertiary/aromatic N) is 2. The molecule has 2 aromatic rings. The van der Waals surface area contributed by atoms with Crippen LogP contribution in [0.15, 0.2) is 53.7 Å². The topological polar surface area (TPSA) is 76.3 Å². The van der Waals surface area contributed by atoms with Crippen molar-refractivity contribution in [3.63, 3.8) is 0 Å². The molecule has 0 spiro atoms. The van der Waals surface area contributed by atoms with Gasteiger partial charge in [0.15, 0.2) is 0 Å². The third kappa shape index (κ3) is 2.91. The van der Waals surface area contributed by atoms with Crippen LogP contribution in [0.1, 0.15) is 18.4 Å². The van der Waals surface area contributed by atoms with Gasteiger partial charge in [-0.3, -0.25) is 4.98 Å². The van der Waals surface area contributed by atoms with Crippen LogP contribution >= 0.6 is 0 Å². The number of nitrogens with two attached hydrogens (primary N) is 1. The van der Waals surface area contributed by atoms with E-state index in [1.54, 1.807) is 36.7 Å². The second-order valence-electron chi connectivity index (χ2n) is 5.18. The Morgan fingerprint density at radius 3 is 2.57 bits per heavy atom. The Kier molecular flexibility index (Phi) is 3.65. The van der Waals surface area contributed by atoms with Gasteiger partial charge in [-0.1, -0.05) is 18.2 Å². The molecule has 1 fully saturated rings. The van der Waals surface area contributed by atoms with Crippen molar-refractivity contribution in [1.82, 2.24) is 9.29 Å². The van der Waals surface area contributed by atoms with E-state index in [2.05, 4.69) is 4.98 Å². The molecule has 1 heterocycles. The molecule has 0 radical (unpaired) electrons. The van der Waals surface area contributed by atoms with E-state index in [4.69, 9.17) is 5.73 Å². The van der Waals surface area contributed by atoms with Crippen molar-refractivity contribution in [2.45, 2.75) is 30.3 Å². The standard InChI is InChI=1S/C15H17N3O2S/c16-14-5-1-2-6-15(14)21(19,20)18(13-7-8-13)11-12-4-3-9-17-10-12/h1-6,9-10,13H,7-8,11,16H2. The van der Waals surface area contributed by atoms with E-state index in [0.717, 1.165) is 18.4 Å². The molecular weight excluding hydrogens is 286 g/mol. The summed E-state index contributed by atoms with van der Waals surface area (Å²) in [6, 6.07) is 10.4. The predicted octanol–water partition coefficient (Wildman–Crippen LogP) is 2.02. The van der Waals surface area contributed by atoms with Crippen molar-refractivity contribution in [2.24, 2.45) is 0 Å². The predicted molar refractivity (Wildman–Crippen MR) is 80.8 cm³/mol. The molecule has 1 aliphatic rings. The lowest BCUT2D eigenvalue weighted by molar-refractivity contribution is 0.398. The third-order valence-corrected chi connectivity index (χ3v) is 5.49. The fourth-order valence-corrected chi connectivity index (χ4v) is 4.08. The van der Waals surface area contributed by atoms with Crippen LogP contribution in [0.5, 0.6) is 0 Å². The van der Waals surface area contributed by atoms with Crippen LogP contribution in [0.4, 0.5) is 5.69 Å². The Bertz CT molecular complexity index is 728. The molecule has 1 aliphatic carbocycles. The molecule has 0 bridgehead atoms. The number of hydrogen-bond donors (Lipinski definition) is 1. The molecule has 0 unspecified atom stereocenters. The second kappa shape index (κ2) is 5.46. The first kappa shape index (κ1) is 14.0. The summed E-state index contributed by atoms with van der Waals surface area (Å²) in [6.07, 6.45) is 5.16. The van der Waals surface area contributed by atoms with Crippen LogP contribution in [0.2, 0.25) is 0 Å². The van der Waals surface area contributed by atoms with Gasteiger partial charge in [-0.05, 0) is 36.6 Å². The van der Waals surface area contributed by atoms with Crippen LogP contribution in [-0.2, 0) is 16.6 Å². The maximum atomic E-state index is 12.9. The number of rotatable bonds is 5. The number of sulfonamides is 1. The van der Waals surface area contributed by atoms with Crippen LogP contribution in [-0.4, -0.2) is 23.7 Å². The van der Waals surface area contributed by atoms with E-state index >= 15 is 0 Å². The fraction of sp³-hybridized carbons (Fsp3) is 0.267. The lowest BCUT2D eigenvalue weighted by Crippen LogP contribution is -2.33. The molecule has 110 valence electrons. The zero-order valence-corrected chi connectivity index (χ0v) is 12.3. The van der Waals surface area contributed by atoms with Crippen LogP contribution in [0.3, 0.4) is 0 Å². The molecular formula is C15H17N3O2S. The molecule has 1 saturated carbocycles. The number of pyridine rings is 1. The van der Waals surface area contributed by atoms with Crippen LogP contribution in [0.25, 0.3) is 0 Å². The average molecular weight is 303 g/mol. The molecule has 5 nitrogen and oxygen atoms in total. The number of anilines is 1. The monoisotopic (exact) mass is 303 g/mol. The number of para-hydroxylation sites is 1. The quantitative estimate of drug-likeness (QED) is 0.857. The van der Waals surface area contributed by atoms with Crippen molar-refractivity contribution >= 4 is 15.7 Å². The van der Waals surface area contributed by atoms with Gasteiger partial charge < -0.3 is 5.73 Å². The first-order valence-corrected chi connectivity index (χ1v) is 8.28. The molecule has 1 aromatic carbocycles. The van der Waals surface area contributed by atoms with Crippen LogP contribution < -0.4 is 5.73 Å². The van der Waals surface area contributed by atoms with Crippen molar-refractivity contribution in [3.8, 4) is 0 Å². The minimum Gasteiger partial charge on any atom is -0.398 e. The zero-order chi connectivity index (χ0) is 14.9. The second-order valence-corrected chi connectivity index (χ2v) is 7.04. The highest BCUT2D eigenvalue weighted by atomic mass is 32.2. The minimum atomic E-state index is -3.59. The van der Waals surface area contributed by atoms with Gasteiger partial charge in [-0.25, -0.2) is 8.42 Å². The molecule has 2 N–H and O–H groups in total. The minimum absolute atomic E-state index is 0.0646. The highest BCUT2D eigenvalue weighted by Crippen LogP contribution is 2.34. The summed E-state index contributed by atoms with van der Waals surface area (Å²) in [5.74, 6) is 0. The highest BCUT2D eigenvalue weighted by molar-refractivity contribution is 7.89. The van der Waals surface area contributed by atoms with Gasteiger partial charge in [-0.15, -0.1) is 0 Å². The maximum Gasteiger partial charge on any atom is 0.245 e. The van der Waals surface area contributed by atoms with Gasteiger partial charge >= 0.3 is 0 Å². The molecule has 6 heteroatoms. The Morgan fingerprint density at radius 2 is 1.95 bits per heavy atom. The summed E-state index contributed by atoms with van der Waals surface area (Å²) < 4.78 is 27.3. The van der Waals surface area contributed by atoms with Crippen molar-refractivity contribution in [2.75, 3.05) is 5.73 Å². The van der Waals surface area contributed by atoms with Crippen molar-refractivity contribution < 1.29 is 8.42 Å². The van der Waals surface area contributed by atoms with E-state index in [-0.39, 0.29) is 16.6 Å². The van der Waals surface area contributed by atoms with E-state index in [9.17, 15) is 8.42 Å². The molecule has 0 saturated heterocycles. The number of nitrogen functional groups attached to an aromatic ring is 1. The first-order valence-electron chi connectivity index (χ1n) is 6.84. The van der Waals surface area contributed by atoms with Crippen molar-refractivity contribution in [3.05, 3.63) is 54.4 Å². The SMILES string of the molecule is Nc1ccccc1S(=O)(=O)N(Cc1cccnc1)C1CC1. The molecule has 1 aromatic heterocycles. The van der Waals surface area contributed by atoms with Crippen LogP contribution in [0, 0.1) is 0 Å². The number of hydrogen-bond acceptors (Lipinski definition) is 4. The summed E-state index contributed by atoms with van der Waals surface area (Å²) in [6.45, 7) is 0.329. The Labute approximate surface area is 124 Å². The molecule has 0 aliphatic heterocycles. The molecule has 21 heavy (non-hydrogen) atoms. The van der Waals surface area contributed by atoms with E-state index in [0.29, 0.717) is 6.54 Å². The van der Waals surface area contributed by atoms with Gasteiger partial charge in [0.1, 0.15) is 4.90 Å². The lowest BCUT2D eigenvalue weighted by Gasteiger charge is -2.22. The summed E-state index contributed by atoms with van der Waals surface area (Å²) >= 11 is 0. The lowest BCUT2D eigenvalue weighted by atomic mass is 10.3. The Morgan fingerprint density at radius 1 is 1.19 bits per heavy atom. The summed E-state index contributed by atoms with van der Waals surface area (Å²) in [5.41, 5.74) is 7.00. The highest BCUT2D eigenvalue weighted by Gasteiger charge is 2.38. The van der Waals surface area contributed by atoms with Gasteiger partial charge in [0, 0.05) is 25.0 Å². The molecule has 0 amide bonds. The molecule has 0 atom stereocenters. The summed E-state index contributed by atoms with van der Waals surface area (Å²) in [5, 5.41) is 0. The maximum absolute atomic E-state index is 12.9. The Hall–Kier alpha value is -1.92. The first-order chi connectivity index (χ1) is 10.1. The normalized spacial score (nSPS) is 15.3.